The molecule has 0 radical (unpaired) electrons. The quantitative estimate of drug-likeness (QED) is 0.375. The molecule has 0 saturated carbocycles. The van der Waals surface area contributed by atoms with Crippen molar-refractivity contribution in [1.29, 1.82) is 0 Å². The summed E-state index contributed by atoms with van der Waals surface area (Å²) in [5.41, 5.74) is 1.33. The fraction of sp³-hybridized carbons (Fsp3) is 0.0417. The Bertz CT molecular complexity index is 1760. The van der Waals surface area contributed by atoms with Gasteiger partial charge in [0, 0.05) is 11.6 Å². The number of rotatable bonds is 6. The van der Waals surface area contributed by atoms with Crippen molar-refractivity contribution in [2.24, 2.45) is 5.14 Å². The minimum atomic E-state index is -3.77. The fourth-order valence-corrected chi connectivity index (χ4v) is 4.74. The van der Waals surface area contributed by atoms with Crippen LogP contribution in [0.2, 0.25) is 0 Å². The zero-order valence-electron chi connectivity index (χ0n) is 18.3. The van der Waals surface area contributed by atoms with Gasteiger partial charge in [-0.2, -0.15) is 9.50 Å². The van der Waals surface area contributed by atoms with Crippen molar-refractivity contribution >= 4 is 44.5 Å². The summed E-state index contributed by atoms with van der Waals surface area (Å²) in [5, 5.41) is 9.42. The zero-order chi connectivity index (χ0) is 24.6. The van der Waals surface area contributed by atoms with E-state index in [-0.39, 0.29) is 10.5 Å². The van der Waals surface area contributed by atoms with Gasteiger partial charge in [0.15, 0.2) is 5.82 Å². The van der Waals surface area contributed by atoms with E-state index < -0.39 is 10.0 Å². The first-order chi connectivity index (χ1) is 16.8. The molecule has 0 amide bonds. The zero-order valence-corrected chi connectivity index (χ0v) is 19.9. The second-order valence-corrected chi connectivity index (χ2v) is 10.0. The Kier molecular flexibility index (Phi) is 5.81. The van der Waals surface area contributed by atoms with Crippen LogP contribution in [0.4, 0.5) is 0 Å². The first-order valence-electron chi connectivity index (χ1n) is 10.3. The predicted molar refractivity (Wildman–Crippen MR) is 133 cm³/mol. The normalized spacial score (nSPS) is 12.7. The number of aromatic nitrogens is 3. The number of benzene rings is 2. The van der Waals surface area contributed by atoms with E-state index >= 15 is 0 Å². The van der Waals surface area contributed by atoms with Crippen molar-refractivity contribution < 1.29 is 17.6 Å². The molecular formula is C24H18N4O5S2. The van der Waals surface area contributed by atoms with E-state index in [1.165, 1.54) is 28.0 Å². The summed E-state index contributed by atoms with van der Waals surface area (Å²) in [7, 11) is -2.15. The van der Waals surface area contributed by atoms with Gasteiger partial charge in [0.25, 0.3) is 5.56 Å². The lowest BCUT2D eigenvalue weighted by atomic mass is 10.2. The Hall–Kier alpha value is -4.06. The average Bonchev–Trinajstić information content (AvgIpc) is 3.55. The summed E-state index contributed by atoms with van der Waals surface area (Å²) in [6.45, 7) is 0. The van der Waals surface area contributed by atoms with Crippen LogP contribution in [0, 0.1) is 0 Å². The molecule has 0 aliphatic rings. The van der Waals surface area contributed by atoms with Gasteiger partial charge in [-0.15, -0.1) is 5.10 Å². The highest BCUT2D eigenvalue weighted by Gasteiger charge is 2.11. The third-order valence-corrected chi connectivity index (χ3v) is 6.99. The molecule has 176 valence electrons. The summed E-state index contributed by atoms with van der Waals surface area (Å²) in [5.74, 6) is 2.19. The Morgan fingerprint density at radius 1 is 1.03 bits per heavy atom. The van der Waals surface area contributed by atoms with Crippen LogP contribution in [0.3, 0.4) is 0 Å². The van der Waals surface area contributed by atoms with Crippen LogP contribution in [-0.4, -0.2) is 30.1 Å². The topological polar surface area (TPSA) is 130 Å². The largest absolute Gasteiger partial charge is 0.497 e. The summed E-state index contributed by atoms with van der Waals surface area (Å²) in [4.78, 5) is 17.7. The van der Waals surface area contributed by atoms with Gasteiger partial charge in [0.05, 0.1) is 12.0 Å². The number of thiazole rings is 1. The molecule has 11 heteroatoms. The number of hydrogen-bond acceptors (Lipinski definition) is 8. The molecule has 0 spiro atoms. The lowest BCUT2D eigenvalue weighted by Gasteiger charge is -2.00. The SMILES string of the molecule is COc1ccc(/C=C/c2nc3s/c(=C\c4ccc(-c5ccc(S(N)(=O)=O)cc5)o4)c(=O)n3n2)cc1. The third-order valence-electron chi connectivity index (χ3n) is 5.11. The number of methoxy groups -OCH3 is 1. The first kappa shape index (κ1) is 22.7. The van der Waals surface area contributed by atoms with Crippen molar-refractivity contribution in [3.8, 4) is 17.1 Å². The summed E-state index contributed by atoms with van der Waals surface area (Å²) < 4.78 is 35.5. The Balaban J connectivity index is 1.38. The molecule has 5 rings (SSSR count). The molecule has 0 saturated heterocycles. The van der Waals surface area contributed by atoms with Crippen LogP contribution < -0.4 is 20.0 Å². The minimum absolute atomic E-state index is 0.0169. The highest BCUT2D eigenvalue weighted by Crippen LogP contribution is 2.24. The fourth-order valence-electron chi connectivity index (χ4n) is 3.33. The summed E-state index contributed by atoms with van der Waals surface area (Å²) in [6, 6.07) is 17.0. The maximum Gasteiger partial charge on any atom is 0.291 e. The van der Waals surface area contributed by atoms with E-state index in [1.807, 2.05) is 30.3 Å². The van der Waals surface area contributed by atoms with Gasteiger partial charge < -0.3 is 9.15 Å². The molecule has 0 aliphatic heterocycles. The molecule has 0 atom stereocenters. The van der Waals surface area contributed by atoms with E-state index in [1.54, 1.807) is 43.5 Å². The van der Waals surface area contributed by atoms with Crippen molar-refractivity contribution in [1.82, 2.24) is 14.6 Å². The second-order valence-electron chi connectivity index (χ2n) is 7.46. The summed E-state index contributed by atoms with van der Waals surface area (Å²) in [6.07, 6.45) is 5.22. The van der Waals surface area contributed by atoms with Crippen molar-refractivity contribution in [2.45, 2.75) is 4.90 Å². The van der Waals surface area contributed by atoms with Gasteiger partial charge in [-0.3, -0.25) is 4.79 Å². The highest BCUT2D eigenvalue weighted by molar-refractivity contribution is 7.89. The van der Waals surface area contributed by atoms with Gasteiger partial charge in [0.1, 0.15) is 21.8 Å². The number of nitrogens with zero attached hydrogens (tertiary/aromatic N) is 3. The highest BCUT2D eigenvalue weighted by atomic mass is 32.2. The van der Waals surface area contributed by atoms with E-state index in [2.05, 4.69) is 10.1 Å². The molecule has 0 bridgehead atoms. The lowest BCUT2D eigenvalue weighted by Crippen LogP contribution is -2.23. The molecule has 9 nitrogen and oxygen atoms in total. The lowest BCUT2D eigenvalue weighted by molar-refractivity contribution is 0.415. The monoisotopic (exact) mass is 506 g/mol. The number of sulfonamides is 1. The number of nitrogens with two attached hydrogens (primary N) is 1. The molecule has 2 N–H and O–H groups in total. The number of fused-ring (bicyclic) bond motifs is 1. The predicted octanol–water partition coefficient (Wildman–Crippen LogP) is 2.79. The molecule has 0 aliphatic carbocycles. The van der Waals surface area contributed by atoms with Gasteiger partial charge in [-0.1, -0.05) is 29.5 Å². The van der Waals surface area contributed by atoms with Crippen LogP contribution in [-0.2, 0) is 10.0 Å². The smallest absolute Gasteiger partial charge is 0.291 e. The van der Waals surface area contributed by atoms with Crippen molar-refractivity contribution in [3.05, 3.63) is 92.7 Å². The molecule has 0 fully saturated rings. The second kappa shape index (κ2) is 8.95. The number of hydrogen-bond donors (Lipinski definition) is 1. The number of ether oxygens (including phenoxy) is 1. The van der Waals surface area contributed by atoms with Crippen LogP contribution >= 0.6 is 11.3 Å². The van der Waals surface area contributed by atoms with Gasteiger partial charge in [-0.25, -0.2) is 13.6 Å². The third kappa shape index (κ3) is 4.78. The molecule has 2 aromatic carbocycles. The Labute approximate surface area is 203 Å². The first-order valence-corrected chi connectivity index (χ1v) is 12.6. The van der Waals surface area contributed by atoms with E-state index in [4.69, 9.17) is 14.3 Å². The minimum Gasteiger partial charge on any atom is -0.497 e. The maximum absolute atomic E-state index is 12.8. The van der Waals surface area contributed by atoms with E-state index in [0.717, 1.165) is 11.3 Å². The van der Waals surface area contributed by atoms with Crippen molar-refractivity contribution in [2.75, 3.05) is 7.11 Å². The van der Waals surface area contributed by atoms with Crippen LogP contribution in [0.25, 0.3) is 34.5 Å². The molecular weight excluding hydrogens is 488 g/mol. The molecule has 3 aromatic heterocycles. The van der Waals surface area contributed by atoms with Crippen LogP contribution in [0.1, 0.15) is 17.1 Å². The molecule has 35 heavy (non-hydrogen) atoms. The van der Waals surface area contributed by atoms with E-state index in [0.29, 0.717) is 32.4 Å². The van der Waals surface area contributed by atoms with Crippen LogP contribution in [0.15, 0.2) is 74.8 Å². The Morgan fingerprint density at radius 2 is 1.77 bits per heavy atom. The molecule has 5 aromatic rings. The van der Waals surface area contributed by atoms with E-state index in [9.17, 15) is 13.2 Å². The van der Waals surface area contributed by atoms with Crippen LogP contribution in [0.5, 0.6) is 5.75 Å². The number of furan rings is 1. The van der Waals surface area contributed by atoms with Gasteiger partial charge in [0.2, 0.25) is 15.0 Å². The average molecular weight is 507 g/mol. The van der Waals surface area contributed by atoms with Crippen molar-refractivity contribution in [3.63, 3.8) is 0 Å². The molecule has 3 heterocycles. The number of primary sulfonamides is 1. The van der Waals surface area contributed by atoms with Gasteiger partial charge >= 0.3 is 0 Å². The summed E-state index contributed by atoms with van der Waals surface area (Å²) >= 11 is 1.21. The van der Waals surface area contributed by atoms with Gasteiger partial charge in [-0.05, 0) is 60.2 Å². The maximum atomic E-state index is 12.8. The standard InChI is InChI=1S/C24H18N4O5S2/c1-32-17-7-2-15(3-8-17)4-13-22-26-24-28(27-22)23(29)21(34-24)14-18-9-12-20(33-18)16-5-10-19(11-6-16)35(25,30)31/h2-14H,1H3,(H2,25,30,31)/b13-4+,21-14-. The molecule has 0 unspecified atom stereocenters. The Morgan fingerprint density at radius 3 is 2.43 bits per heavy atom.